The van der Waals surface area contributed by atoms with Crippen LogP contribution in [-0.4, -0.2) is 108 Å². The van der Waals surface area contributed by atoms with Gasteiger partial charge in [0.25, 0.3) is 11.8 Å². The average molecular weight is 791 g/mol. The van der Waals surface area contributed by atoms with Crippen molar-refractivity contribution in [2.75, 3.05) is 19.6 Å². The topological polar surface area (TPSA) is 184 Å². The third-order valence-electron chi connectivity index (χ3n) is 11.6. The highest BCUT2D eigenvalue weighted by Gasteiger charge is 2.62. The number of alkyl carbamates (subject to hydrolysis) is 1. The van der Waals surface area contributed by atoms with Crippen molar-refractivity contribution in [3.05, 3.63) is 47.5 Å². The van der Waals surface area contributed by atoms with E-state index < -0.39 is 95.2 Å². The van der Waals surface area contributed by atoms with Gasteiger partial charge < -0.3 is 25.0 Å². The summed E-state index contributed by atoms with van der Waals surface area (Å²) in [5.41, 5.74) is 0.198. The average Bonchev–Trinajstić information content (AvgIpc) is 3.69. The Kier molecular flexibility index (Phi) is 11.1. The molecule has 2 saturated heterocycles. The lowest BCUT2D eigenvalue weighted by Gasteiger charge is -2.30. The van der Waals surface area contributed by atoms with Crippen LogP contribution in [0, 0.1) is 5.92 Å². The fraction of sp³-hybridized carbons (Fsp3) is 0.649. The number of amides is 5. The van der Waals surface area contributed by atoms with Crippen LogP contribution in [0.4, 0.5) is 18.4 Å². The van der Waals surface area contributed by atoms with Crippen LogP contribution in [0.1, 0.15) is 88.2 Å². The van der Waals surface area contributed by atoms with E-state index in [0.29, 0.717) is 43.1 Å². The number of allylic oxidation sites excluding steroid dienone is 1. The predicted octanol–water partition coefficient (Wildman–Crippen LogP) is 3.24. The second-order valence-electron chi connectivity index (χ2n) is 15.6. The molecule has 5 atom stereocenters. The SMILES string of the molecule is O=C(N[C@H]1CCCCCC=C[C@@H]2C[C@@]2(C(=O)NS(=O)(=O)N2CCC(F)(F)C2)NC(=O)C2C[C@@H](OC(=O)N3Cc4ccccc4C3)CN2C1=O)OC1CCCC1. The van der Waals surface area contributed by atoms with E-state index in [1.807, 2.05) is 35.1 Å². The van der Waals surface area contributed by atoms with Crippen LogP contribution in [0.2, 0.25) is 0 Å². The molecule has 18 heteroatoms. The molecule has 0 spiro atoms. The van der Waals surface area contributed by atoms with Gasteiger partial charge in [-0.15, -0.1) is 0 Å². The predicted molar refractivity (Wildman–Crippen MR) is 191 cm³/mol. The lowest BCUT2D eigenvalue weighted by molar-refractivity contribution is -0.141. The zero-order valence-electron chi connectivity index (χ0n) is 30.6. The second-order valence-corrected chi connectivity index (χ2v) is 17.3. The van der Waals surface area contributed by atoms with E-state index in [4.69, 9.17) is 9.47 Å². The van der Waals surface area contributed by atoms with Gasteiger partial charge in [0.05, 0.1) is 13.1 Å². The zero-order chi connectivity index (χ0) is 39.0. The molecular weight excluding hydrogens is 743 g/mol. The molecule has 55 heavy (non-hydrogen) atoms. The molecule has 1 aromatic rings. The monoisotopic (exact) mass is 790 g/mol. The molecule has 7 rings (SSSR count). The molecule has 15 nitrogen and oxygen atoms in total. The van der Waals surface area contributed by atoms with Crippen LogP contribution >= 0.6 is 0 Å². The smallest absolute Gasteiger partial charge is 0.410 e. The number of fused-ring (bicyclic) bond motifs is 3. The Morgan fingerprint density at radius 3 is 2.33 bits per heavy atom. The molecule has 4 heterocycles. The van der Waals surface area contributed by atoms with Gasteiger partial charge in [0, 0.05) is 38.4 Å². The maximum atomic E-state index is 14.4. The summed E-state index contributed by atoms with van der Waals surface area (Å²) in [5.74, 6) is -6.33. The Bertz CT molecular complexity index is 1800. The highest BCUT2D eigenvalue weighted by molar-refractivity contribution is 7.87. The highest BCUT2D eigenvalue weighted by atomic mass is 32.2. The molecule has 1 unspecified atom stereocenters. The summed E-state index contributed by atoms with van der Waals surface area (Å²) < 4.78 is 67.9. The van der Waals surface area contributed by atoms with Crippen LogP contribution in [0.15, 0.2) is 36.4 Å². The standard InChI is InChI=1S/C37H48F2N6O9S/c38-36(39)16-17-44(23-36)55(51,52)42-33(48)37-19-26(37)12-4-2-1-3-5-15-29(40-34(49)53-27-13-8-9-14-27)32(47)45-22-28(18-30(45)31(46)41-37)54-35(50)43-20-24-10-6-7-11-25(24)21-43/h4,6-7,10-12,26-30H,1-3,5,8-9,13-23H2,(H,40,49)(H,41,46)(H,42,48)/t26-,28-,29+,30?,37-/m1/s1. The number of hydrogen-bond donors (Lipinski definition) is 3. The van der Waals surface area contributed by atoms with E-state index in [0.717, 1.165) is 36.8 Å². The Hall–Kier alpha value is -4.32. The summed E-state index contributed by atoms with van der Waals surface area (Å²) in [6.07, 6.45) is 6.37. The van der Waals surface area contributed by atoms with Gasteiger partial charge in [0.2, 0.25) is 11.8 Å². The third-order valence-corrected chi connectivity index (χ3v) is 13.0. The van der Waals surface area contributed by atoms with Gasteiger partial charge >= 0.3 is 22.4 Å². The molecular formula is C37H48F2N6O9S. The normalized spacial score (nSPS) is 30.0. The number of rotatable bonds is 6. The molecule has 0 aromatic heterocycles. The number of ether oxygens (including phenoxy) is 2. The maximum absolute atomic E-state index is 14.4. The third kappa shape index (κ3) is 8.74. The zero-order valence-corrected chi connectivity index (χ0v) is 31.4. The molecule has 4 fully saturated rings. The van der Waals surface area contributed by atoms with Crippen LogP contribution < -0.4 is 15.4 Å². The van der Waals surface area contributed by atoms with Gasteiger partial charge in [-0.1, -0.05) is 49.3 Å². The number of halogens is 2. The Labute approximate surface area is 318 Å². The van der Waals surface area contributed by atoms with Crippen molar-refractivity contribution < 1.29 is 50.6 Å². The molecule has 5 amide bonds. The summed E-state index contributed by atoms with van der Waals surface area (Å²) in [4.78, 5) is 71.7. The highest BCUT2D eigenvalue weighted by Crippen LogP contribution is 2.46. The number of nitrogens with zero attached hydrogens (tertiary/aromatic N) is 3. The van der Waals surface area contributed by atoms with Crippen LogP contribution in [0.25, 0.3) is 0 Å². The van der Waals surface area contributed by atoms with E-state index in [1.54, 1.807) is 6.08 Å². The Morgan fingerprint density at radius 1 is 0.927 bits per heavy atom. The number of carbonyl (C=O) groups excluding carboxylic acids is 5. The van der Waals surface area contributed by atoms with Crippen LogP contribution in [0.3, 0.4) is 0 Å². The number of alkyl halides is 2. The fourth-order valence-electron chi connectivity index (χ4n) is 8.36. The minimum atomic E-state index is -4.68. The molecule has 6 aliphatic rings. The van der Waals surface area contributed by atoms with Gasteiger partial charge in [-0.05, 0) is 62.5 Å². The number of hydrogen-bond acceptors (Lipinski definition) is 9. The van der Waals surface area contributed by atoms with Crippen molar-refractivity contribution in [1.29, 1.82) is 0 Å². The maximum Gasteiger partial charge on any atom is 0.410 e. The first kappa shape index (κ1) is 38.9. The number of carbonyl (C=O) groups is 5. The molecule has 0 radical (unpaired) electrons. The van der Waals surface area contributed by atoms with Crippen LogP contribution in [-0.2, 0) is 47.2 Å². The summed E-state index contributed by atoms with van der Waals surface area (Å²) in [6.45, 7) is -1.09. The molecule has 3 N–H and O–H groups in total. The van der Waals surface area contributed by atoms with Crippen LogP contribution in [0.5, 0.6) is 0 Å². The van der Waals surface area contributed by atoms with Crippen molar-refractivity contribution in [2.45, 2.75) is 126 Å². The van der Waals surface area contributed by atoms with Gasteiger partial charge in [-0.2, -0.15) is 12.7 Å². The largest absolute Gasteiger partial charge is 0.446 e. The van der Waals surface area contributed by atoms with Crippen molar-refractivity contribution in [3.63, 3.8) is 0 Å². The van der Waals surface area contributed by atoms with Crippen molar-refractivity contribution in [1.82, 2.24) is 29.5 Å². The molecule has 2 aliphatic carbocycles. The first-order chi connectivity index (χ1) is 26.2. The van der Waals surface area contributed by atoms with Crippen molar-refractivity contribution in [3.8, 4) is 0 Å². The van der Waals surface area contributed by atoms with Gasteiger partial charge in [-0.25, -0.2) is 23.1 Å². The molecule has 1 aromatic carbocycles. The number of nitrogens with one attached hydrogen (secondary N) is 3. The first-order valence-corrected chi connectivity index (χ1v) is 20.7. The Morgan fingerprint density at radius 2 is 1.64 bits per heavy atom. The second kappa shape index (κ2) is 15.7. The van der Waals surface area contributed by atoms with Gasteiger partial charge in [-0.3, -0.25) is 19.3 Å². The van der Waals surface area contributed by atoms with E-state index in [1.165, 1.54) is 9.80 Å². The molecule has 0 bridgehead atoms. The number of benzene rings is 1. The lowest BCUT2D eigenvalue weighted by atomic mass is 10.0. The minimum absolute atomic E-state index is 0.0263. The van der Waals surface area contributed by atoms with E-state index in [2.05, 4.69) is 10.6 Å². The quantitative estimate of drug-likeness (QED) is 0.365. The van der Waals surface area contributed by atoms with Gasteiger partial charge in [0.1, 0.15) is 29.8 Å². The van der Waals surface area contributed by atoms with Crippen molar-refractivity contribution in [2.24, 2.45) is 5.92 Å². The van der Waals surface area contributed by atoms with E-state index in [-0.39, 0.29) is 31.9 Å². The Balaban J connectivity index is 1.12. The first-order valence-electron chi connectivity index (χ1n) is 19.2. The molecule has 2 saturated carbocycles. The summed E-state index contributed by atoms with van der Waals surface area (Å²) in [5, 5.41) is 5.44. The summed E-state index contributed by atoms with van der Waals surface area (Å²) >= 11 is 0. The fourth-order valence-corrected chi connectivity index (χ4v) is 9.60. The summed E-state index contributed by atoms with van der Waals surface area (Å²) in [6, 6.07) is 5.25. The molecule has 300 valence electrons. The molecule has 4 aliphatic heterocycles. The van der Waals surface area contributed by atoms with Gasteiger partial charge in [0.15, 0.2) is 0 Å². The van der Waals surface area contributed by atoms with Crippen molar-refractivity contribution >= 4 is 40.1 Å². The lowest BCUT2D eigenvalue weighted by Crippen LogP contribution is -2.59. The minimum Gasteiger partial charge on any atom is -0.446 e. The van der Waals surface area contributed by atoms with E-state index in [9.17, 15) is 41.2 Å². The summed E-state index contributed by atoms with van der Waals surface area (Å²) in [7, 11) is -4.68. The van der Waals surface area contributed by atoms with E-state index >= 15 is 0 Å².